The molecule has 1 fully saturated rings. The van der Waals surface area contributed by atoms with Crippen molar-refractivity contribution in [3.8, 4) is 5.75 Å². The Bertz CT molecular complexity index is 823. The van der Waals surface area contributed by atoms with Gasteiger partial charge in [0.2, 0.25) is 0 Å². The summed E-state index contributed by atoms with van der Waals surface area (Å²) >= 11 is 6.11. The van der Waals surface area contributed by atoms with E-state index in [0.717, 1.165) is 5.56 Å². The molecule has 6 nitrogen and oxygen atoms in total. The Balaban J connectivity index is 1.60. The van der Waals surface area contributed by atoms with E-state index in [2.05, 4.69) is 5.32 Å². The molecule has 7 heteroatoms. The first-order valence-electron chi connectivity index (χ1n) is 8.14. The molecular weight excluding hydrogens is 356 g/mol. The van der Waals surface area contributed by atoms with Crippen LogP contribution in [0, 0.1) is 6.92 Å². The summed E-state index contributed by atoms with van der Waals surface area (Å²) in [7, 11) is 1.53. The Hall–Kier alpha value is -2.73. The van der Waals surface area contributed by atoms with Crippen molar-refractivity contribution >= 4 is 29.3 Å². The molecule has 1 aliphatic heterocycles. The summed E-state index contributed by atoms with van der Waals surface area (Å²) in [6.07, 6.45) is -0.904. The van der Waals surface area contributed by atoms with Gasteiger partial charge in [-0.15, -0.1) is 0 Å². The van der Waals surface area contributed by atoms with Gasteiger partial charge in [0.25, 0.3) is 5.91 Å². The number of carbonyl (C=O) groups excluding carboxylic acids is 2. The fraction of sp³-hybridized carbons (Fsp3) is 0.263. The van der Waals surface area contributed by atoms with Crippen molar-refractivity contribution in [1.29, 1.82) is 0 Å². The largest absolute Gasteiger partial charge is 0.495 e. The van der Waals surface area contributed by atoms with Gasteiger partial charge in [0.15, 0.2) is 0 Å². The Morgan fingerprint density at radius 1 is 1.31 bits per heavy atom. The van der Waals surface area contributed by atoms with Gasteiger partial charge in [0, 0.05) is 11.3 Å². The molecule has 136 valence electrons. The highest BCUT2D eigenvalue weighted by Crippen LogP contribution is 2.31. The lowest BCUT2D eigenvalue weighted by Crippen LogP contribution is -2.34. The maximum Gasteiger partial charge on any atom is 0.414 e. The lowest BCUT2D eigenvalue weighted by Gasteiger charge is -2.14. The second-order valence-electron chi connectivity index (χ2n) is 6.01. The van der Waals surface area contributed by atoms with Crippen molar-refractivity contribution in [1.82, 2.24) is 5.32 Å². The van der Waals surface area contributed by atoms with Crippen LogP contribution in [0.15, 0.2) is 42.5 Å². The van der Waals surface area contributed by atoms with Crippen LogP contribution < -0.4 is 15.0 Å². The van der Waals surface area contributed by atoms with E-state index in [-0.39, 0.29) is 12.5 Å². The normalized spacial score (nSPS) is 16.3. The Kier molecular flexibility index (Phi) is 5.32. The van der Waals surface area contributed by atoms with E-state index in [0.29, 0.717) is 28.6 Å². The molecule has 0 spiro atoms. The third kappa shape index (κ3) is 3.91. The molecule has 1 saturated heterocycles. The van der Waals surface area contributed by atoms with Crippen molar-refractivity contribution in [3.05, 3.63) is 58.6 Å². The monoisotopic (exact) mass is 374 g/mol. The van der Waals surface area contributed by atoms with Crippen molar-refractivity contribution in [2.45, 2.75) is 13.0 Å². The number of benzene rings is 2. The molecule has 0 saturated carbocycles. The molecule has 1 N–H and O–H groups in total. The predicted molar refractivity (Wildman–Crippen MR) is 99.1 cm³/mol. The summed E-state index contributed by atoms with van der Waals surface area (Å²) in [6, 6.07) is 12.3. The molecule has 3 rings (SSSR count). The molecule has 2 amide bonds. The van der Waals surface area contributed by atoms with Crippen LogP contribution in [-0.4, -0.2) is 38.3 Å². The third-order valence-electron chi connectivity index (χ3n) is 4.13. The van der Waals surface area contributed by atoms with Crippen LogP contribution in [0.1, 0.15) is 15.9 Å². The summed E-state index contributed by atoms with van der Waals surface area (Å²) in [5, 5.41) is 3.20. The van der Waals surface area contributed by atoms with Gasteiger partial charge in [-0.25, -0.2) is 4.79 Å². The van der Waals surface area contributed by atoms with Crippen molar-refractivity contribution in [3.63, 3.8) is 0 Å². The fourth-order valence-electron chi connectivity index (χ4n) is 2.68. The second-order valence-corrected chi connectivity index (χ2v) is 6.42. The van der Waals surface area contributed by atoms with Crippen LogP contribution in [0.5, 0.6) is 5.75 Å². The number of nitrogens with zero attached hydrogens (tertiary/aromatic N) is 1. The van der Waals surface area contributed by atoms with Crippen LogP contribution in [0.25, 0.3) is 0 Å². The number of methoxy groups -OCH3 is 1. The number of aryl methyl sites for hydroxylation is 1. The van der Waals surface area contributed by atoms with Gasteiger partial charge in [-0.05, 0) is 37.3 Å². The van der Waals surface area contributed by atoms with Gasteiger partial charge in [0.1, 0.15) is 11.9 Å². The highest BCUT2D eigenvalue weighted by molar-refractivity contribution is 6.32. The number of hydrogen-bond donors (Lipinski definition) is 1. The average molecular weight is 375 g/mol. The molecule has 1 heterocycles. The molecule has 1 atom stereocenters. The minimum Gasteiger partial charge on any atom is -0.495 e. The van der Waals surface area contributed by atoms with Gasteiger partial charge in [-0.1, -0.05) is 29.3 Å². The summed E-state index contributed by atoms with van der Waals surface area (Å²) in [6.45, 7) is 2.52. The maximum absolute atomic E-state index is 12.2. The average Bonchev–Trinajstić information content (AvgIpc) is 3.01. The molecular formula is C19H19ClN2O4. The van der Waals surface area contributed by atoms with Gasteiger partial charge >= 0.3 is 6.09 Å². The van der Waals surface area contributed by atoms with Crippen LogP contribution in [0.3, 0.4) is 0 Å². The topological polar surface area (TPSA) is 67.9 Å². The third-order valence-corrected chi connectivity index (χ3v) is 4.42. The van der Waals surface area contributed by atoms with Crippen LogP contribution in [0.4, 0.5) is 10.5 Å². The molecule has 2 aromatic rings. The van der Waals surface area contributed by atoms with Crippen LogP contribution >= 0.6 is 11.6 Å². The summed E-state index contributed by atoms with van der Waals surface area (Å²) in [4.78, 5) is 25.8. The quantitative estimate of drug-likeness (QED) is 0.870. The highest BCUT2D eigenvalue weighted by atomic mass is 35.5. The first-order chi connectivity index (χ1) is 12.5. The highest BCUT2D eigenvalue weighted by Gasteiger charge is 2.32. The summed E-state index contributed by atoms with van der Waals surface area (Å²) in [5.41, 5.74) is 2.27. The van der Waals surface area contributed by atoms with E-state index in [1.165, 1.54) is 12.0 Å². The van der Waals surface area contributed by atoms with Gasteiger partial charge < -0.3 is 14.8 Å². The van der Waals surface area contributed by atoms with E-state index >= 15 is 0 Å². The summed E-state index contributed by atoms with van der Waals surface area (Å²) < 4.78 is 10.4. The number of halogens is 1. The fourth-order valence-corrected chi connectivity index (χ4v) is 2.93. The number of cyclic esters (lactones) is 1. The first kappa shape index (κ1) is 18.1. The van der Waals surface area contributed by atoms with Crippen molar-refractivity contribution in [2.75, 3.05) is 25.1 Å². The number of carbonyl (C=O) groups is 2. The molecule has 0 radical (unpaired) electrons. The molecule has 0 aliphatic carbocycles. The van der Waals surface area contributed by atoms with E-state index in [1.54, 1.807) is 30.3 Å². The SMILES string of the molecule is COc1ccc(N2CC(CNC(=O)c3ccc(C)cc3)OC2=O)cc1Cl. The maximum atomic E-state index is 12.2. The van der Waals surface area contributed by atoms with Crippen molar-refractivity contribution < 1.29 is 19.1 Å². The van der Waals surface area contributed by atoms with E-state index in [4.69, 9.17) is 21.1 Å². The molecule has 1 unspecified atom stereocenters. The molecule has 26 heavy (non-hydrogen) atoms. The molecule has 0 bridgehead atoms. The van der Waals surface area contributed by atoms with E-state index in [1.807, 2.05) is 19.1 Å². The first-order valence-corrected chi connectivity index (χ1v) is 8.52. The second kappa shape index (κ2) is 7.66. The smallest absolute Gasteiger partial charge is 0.414 e. The number of rotatable bonds is 5. The van der Waals surface area contributed by atoms with Crippen molar-refractivity contribution in [2.24, 2.45) is 0 Å². The van der Waals surface area contributed by atoms with Crippen LogP contribution in [-0.2, 0) is 4.74 Å². The Labute approximate surface area is 156 Å². The van der Waals surface area contributed by atoms with Gasteiger partial charge in [-0.3, -0.25) is 9.69 Å². The number of ether oxygens (including phenoxy) is 2. The lowest BCUT2D eigenvalue weighted by atomic mass is 10.1. The van der Waals surface area contributed by atoms with E-state index in [9.17, 15) is 9.59 Å². The lowest BCUT2D eigenvalue weighted by molar-refractivity contribution is 0.0916. The summed E-state index contributed by atoms with van der Waals surface area (Å²) in [5.74, 6) is 0.330. The zero-order chi connectivity index (χ0) is 18.7. The number of nitrogens with one attached hydrogen (secondary N) is 1. The standard InChI is InChI=1S/C19H19ClN2O4/c1-12-3-5-13(6-4-12)18(23)21-10-15-11-22(19(24)26-15)14-7-8-17(25-2)16(20)9-14/h3-9,15H,10-11H2,1-2H3,(H,21,23). The number of amides is 2. The van der Waals surface area contributed by atoms with E-state index < -0.39 is 12.2 Å². The van der Waals surface area contributed by atoms with Gasteiger partial charge in [0.05, 0.1) is 25.2 Å². The number of hydrogen-bond acceptors (Lipinski definition) is 4. The predicted octanol–water partition coefficient (Wildman–Crippen LogP) is 3.41. The zero-order valence-electron chi connectivity index (χ0n) is 14.5. The van der Waals surface area contributed by atoms with Crippen LogP contribution in [0.2, 0.25) is 5.02 Å². The van der Waals surface area contributed by atoms with Gasteiger partial charge in [-0.2, -0.15) is 0 Å². The number of anilines is 1. The zero-order valence-corrected chi connectivity index (χ0v) is 15.2. The Morgan fingerprint density at radius 3 is 2.69 bits per heavy atom. The Morgan fingerprint density at radius 2 is 2.04 bits per heavy atom. The molecule has 2 aromatic carbocycles. The molecule has 0 aromatic heterocycles. The minimum absolute atomic E-state index is 0.202. The molecule has 1 aliphatic rings. The minimum atomic E-state index is -0.471.